The Morgan fingerprint density at radius 3 is 0.844 bits per heavy atom. The van der Waals surface area contributed by atoms with Crippen molar-refractivity contribution in [3.8, 4) is 0 Å². The maximum atomic E-state index is 3.50. The largest absolute Gasteiger partial charge is 0.355 e. The SMILES string of the molecule is CC1(C)c2ccccc2Nc2ccccc21.CC1(C)c2ccccc2Nc2ccccc21. The summed E-state index contributed by atoms with van der Waals surface area (Å²) in [6.45, 7) is 9.13. The second-order valence-electron chi connectivity index (χ2n) is 9.68. The fourth-order valence-electron chi connectivity index (χ4n) is 5.13. The smallest absolute Gasteiger partial charge is 0.0425 e. The van der Waals surface area contributed by atoms with Crippen molar-refractivity contribution in [1.82, 2.24) is 0 Å². The molecule has 0 saturated heterocycles. The van der Waals surface area contributed by atoms with Crippen LogP contribution in [-0.2, 0) is 10.8 Å². The Labute approximate surface area is 191 Å². The number of nitrogens with one attached hydrogen (secondary N) is 2. The topological polar surface area (TPSA) is 24.1 Å². The van der Waals surface area contributed by atoms with Crippen LogP contribution < -0.4 is 10.6 Å². The molecular formula is C30H30N2. The summed E-state index contributed by atoms with van der Waals surface area (Å²) in [4.78, 5) is 0. The fourth-order valence-corrected chi connectivity index (χ4v) is 5.13. The zero-order valence-electron chi connectivity index (χ0n) is 19.2. The molecule has 2 heteroatoms. The van der Waals surface area contributed by atoms with Crippen molar-refractivity contribution >= 4 is 22.7 Å². The van der Waals surface area contributed by atoms with Gasteiger partial charge < -0.3 is 10.6 Å². The summed E-state index contributed by atoms with van der Waals surface area (Å²) in [6.07, 6.45) is 0. The molecule has 0 atom stereocenters. The molecular weight excluding hydrogens is 388 g/mol. The molecule has 6 rings (SSSR count). The third kappa shape index (κ3) is 3.27. The molecule has 0 aromatic heterocycles. The van der Waals surface area contributed by atoms with Crippen LogP contribution in [-0.4, -0.2) is 0 Å². The van der Waals surface area contributed by atoms with Crippen LogP contribution in [0.3, 0.4) is 0 Å². The predicted molar refractivity (Wildman–Crippen MR) is 137 cm³/mol. The van der Waals surface area contributed by atoms with Gasteiger partial charge in [-0.15, -0.1) is 0 Å². The number of hydrogen-bond acceptors (Lipinski definition) is 2. The van der Waals surface area contributed by atoms with Crippen LogP contribution in [0.1, 0.15) is 49.9 Å². The number of rotatable bonds is 0. The van der Waals surface area contributed by atoms with Gasteiger partial charge in [0.1, 0.15) is 0 Å². The minimum atomic E-state index is 0.0818. The van der Waals surface area contributed by atoms with Crippen LogP contribution in [0.15, 0.2) is 97.1 Å². The van der Waals surface area contributed by atoms with Crippen LogP contribution in [0.4, 0.5) is 22.7 Å². The van der Waals surface area contributed by atoms with Gasteiger partial charge in [0.15, 0.2) is 0 Å². The van der Waals surface area contributed by atoms with E-state index in [-0.39, 0.29) is 10.8 Å². The molecule has 0 amide bonds. The Balaban J connectivity index is 0.000000135. The van der Waals surface area contributed by atoms with E-state index in [0.717, 1.165) is 0 Å². The average molecular weight is 419 g/mol. The minimum Gasteiger partial charge on any atom is -0.355 e. The highest BCUT2D eigenvalue weighted by molar-refractivity contribution is 5.76. The van der Waals surface area contributed by atoms with Crippen LogP contribution in [0.2, 0.25) is 0 Å². The van der Waals surface area contributed by atoms with Crippen molar-refractivity contribution in [2.24, 2.45) is 0 Å². The lowest BCUT2D eigenvalue weighted by atomic mass is 9.74. The van der Waals surface area contributed by atoms with Crippen molar-refractivity contribution < 1.29 is 0 Å². The fraction of sp³-hybridized carbons (Fsp3) is 0.200. The molecule has 0 saturated carbocycles. The lowest BCUT2D eigenvalue weighted by Crippen LogP contribution is -2.25. The Morgan fingerprint density at radius 2 is 0.594 bits per heavy atom. The van der Waals surface area contributed by atoms with Gasteiger partial charge in [-0.2, -0.15) is 0 Å². The van der Waals surface area contributed by atoms with E-state index in [4.69, 9.17) is 0 Å². The molecule has 0 spiro atoms. The van der Waals surface area contributed by atoms with E-state index in [1.807, 2.05) is 0 Å². The Hall–Kier alpha value is -3.52. The minimum absolute atomic E-state index is 0.0818. The van der Waals surface area contributed by atoms with Crippen LogP contribution in [0.25, 0.3) is 0 Å². The van der Waals surface area contributed by atoms with Crippen molar-refractivity contribution in [1.29, 1.82) is 0 Å². The average Bonchev–Trinajstić information content (AvgIpc) is 2.80. The van der Waals surface area contributed by atoms with Gasteiger partial charge in [-0.25, -0.2) is 0 Å². The molecule has 2 aliphatic heterocycles. The molecule has 0 unspecified atom stereocenters. The second kappa shape index (κ2) is 7.56. The first kappa shape index (κ1) is 20.4. The Morgan fingerprint density at radius 1 is 0.375 bits per heavy atom. The molecule has 2 aliphatic rings. The number of para-hydroxylation sites is 4. The van der Waals surface area contributed by atoms with E-state index in [0.29, 0.717) is 0 Å². The molecule has 0 aliphatic carbocycles. The van der Waals surface area contributed by atoms with Gasteiger partial charge in [0.25, 0.3) is 0 Å². The van der Waals surface area contributed by atoms with E-state index in [1.54, 1.807) is 0 Å². The summed E-state index contributed by atoms with van der Waals surface area (Å²) in [5.41, 5.74) is 10.6. The summed E-state index contributed by atoms with van der Waals surface area (Å²) in [5, 5.41) is 6.99. The van der Waals surface area contributed by atoms with E-state index in [2.05, 4.69) is 135 Å². The van der Waals surface area contributed by atoms with Gasteiger partial charge in [0, 0.05) is 33.6 Å². The quantitative estimate of drug-likeness (QED) is 0.301. The van der Waals surface area contributed by atoms with Crippen LogP contribution in [0.5, 0.6) is 0 Å². The summed E-state index contributed by atoms with van der Waals surface area (Å²) >= 11 is 0. The Bertz CT molecular complexity index is 1090. The summed E-state index contributed by atoms with van der Waals surface area (Å²) in [6, 6.07) is 34.2. The molecule has 160 valence electrons. The predicted octanol–water partition coefficient (Wildman–Crippen LogP) is 8.14. The van der Waals surface area contributed by atoms with Gasteiger partial charge in [-0.05, 0) is 46.5 Å². The molecule has 4 aromatic carbocycles. The molecule has 0 radical (unpaired) electrons. The van der Waals surface area contributed by atoms with Gasteiger partial charge in [0.05, 0.1) is 0 Å². The standard InChI is InChI=1S/2C15H15N/c2*1-15(2)11-7-3-5-9-13(11)16-14-10-6-4-8-12(14)15/h2*3-10,16H,1-2H3. The zero-order chi connectivity index (χ0) is 22.3. The summed E-state index contributed by atoms with van der Waals surface area (Å²) in [7, 11) is 0. The maximum absolute atomic E-state index is 3.50. The lowest BCUT2D eigenvalue weighted by molar-refractivity contribution is 0.638. The first-order chi connectivity index (χ1) is 15.4. The molecule has 0 bridgehead atoms. The Kier molecular flexibility index (Phi) is 4.82. The number of anilines is 4. The van der Waals surface area contributed by atoms with Gasteiger partial charge in [-0.3, -0.25) is 0 Å². The molecule has 4 aromatic rings. The highest BCUT2D eigenvalue weighted by Crippen LogP contribution is 2.45. The summed E-state index contributed by atoms with van der Waals surface area (Å²) in [5.74, 6) is 0. The van der Waals surface area contributed by atoms with Crippen molar-refractivity contribution in [2.45, 2.75) is 38.5 Å². The van der Waals surface area contributed by atoms with Crippen molar-refractivity contribution in [3.05, 3.63) is 119 Å². The monoisotopic (exact) mass is 418 g/mol. The number of benzene rings is 4. The number of hydrogen-bond donors (Lipinski definition) is 2. The lowest BCUT2D eigenvalue weighted by Gasteiger charge is -2.35. The third-order valence-corrected chi connectivity index (χ3v) is 6.94. The van der Waals surface area contributed by atoms with Gasteiger partial charge >= 0.3 is 0 Å². The first-order valence-corrected chi connectivity index (χ1v) is 11.3. The second-order valence-corrected chi connectivity index (χ2v) is 9.68. The normalized spacial score (nSPS) is 15.9. The van der Waals surface area contributed by atoms with Crippen LogP contribution >= 0.6 is 0 Å². The first-order valence-electron chi connectivity index (χ1n) is 11.3. The molecule has 0 fully saturated rings. The molecule has 2 N–H and O–H groups in total. The van der Waals surface area contributed by atoms with E-state index in [9.17, 15) is 0 Å². The van der Waals surface area contributed by atoms with E-state index >= 15 is 0 Å². The van der Waals surface area contributed by atoms with E-state index in [1.165, 1.54) is 45.0 Å². The zero-order valence-corrected chi connectivity index (χ0v) is 19.2. The molecule has 2 nitrogen and oxygen atoms in total. The van der Waals surface area contributed by atoms with Crippen LogP contribution in [0, 0.1) is 0 Å². The van der Waals surface area contributed by atoms with Crippen molar-refractivity contribution in [2.75, 3.05) is 10.6 Å². The molecule has 2 heterocycles. The highest BCUT2D eigenvalue weighted by Gasteiger charge is 2.32. The third-order valence-electron chi connectivity index (χ3n) is 6.94. The highest BCUT2D eigenvalue weighted by atomic mass is 14.9. The summed E-state index contributed by atoms with van der Waals surface area (Å²) < 4.78 is 0. The van der Waals surface area contributed by atoms with Crippen molar-refractivity contribution in [3.63, 3.8) is 0 Å². The van der Waals surface area contributed by atoms with E-state index < -0.39 is 0 Å². The maximum Gasteiger partial charge on any atom is 0.0425 e. The van der Waals surface area contributed by atoms with Gasteiger partial charge in [-0.1, -0.05) is 100 Å². The molecule has 32 heavy (non-hydrogen) atoms. The van der Waals surface area contributed by atoms with Gasteiger partial charge in [0.2, 0.25) is 0 Å². The number of fused-ring (bicyclic) bond motifs is 4.